The number of morpholine rings is 1. The summed E-state index contributed by atoms with van der Waals surface area (Å²) in [7, 11) is 0. The second-order valence-electron chi connectivity index (χ2n) is 8.73. The first kappa shape index (κ1) is 24.2. The van der Waals surface area contributed by atoms with Crippen LogP contribution in [0.5, 0.6) is 0 Å². The molecule has 0 unspecified atom stereocenters. The van der Waals surface area contributed by atoms with E-state index in [0.717, 1.165) is 30.3 Å². The molecule has 3 aromatic rings. The summed E-state index contributed by atoms with van der Waals surface area (Å²) in [5, 5.41) is 7.28. The van der Waals surface area contributed by atoms with Crippen molar-refractivity contribution >= 4 is 23.2 Å². The number of carbonyl (C=O) groups is 1. The van der Waals surface area contributed by atoms with Gasteiger partial charge >= 0.3 is 6.18 Å². The molecule has 0 radical (unpaired) electrons. The van der Waals surface area contributed by atoms with Gasteiger partial charge in [0.05, 0.1) is 24.5 Å². The Bertz CT molecular complexity index is 1260. The Morgan fingerprint density at radius 3 is 2.64 bits per heavy atom. The second-order valence-corrected chi connectivity index (χ2v) is 8.73. The van der Waals surface area contributed by atoms with Gasteiger partial charge in [0, 0.05) is 49.1 Å². The van der Waals surface area contributed by atoms with Gasteiger partial charge in [-0.25, -0.2) is 9.97 Å². The highest BCUT2D eigenvalue weighted by Gasteiger charge is 2.36. The van der Waals surface area contributed by atoms with Gasteiger partial charge in [0.25, 0.3) is 5.91 Å². The lowest BCUT2D eigenvalue weighted by molar-refractivity contribution is -0.137. The minimum Gasteiger partial charge on any atom is -0.381 e. The topological polar surface area (TPSA) is 94.4 Å². The molecule has 190 valence electrons. The molecule has 36 heavy (non-hydrogen) atoms. The fraction of sp³-hybridized carbons (Fsp3) is 0.417. The van der Waals surface area contributed by atoms with Crippen LogP contribution in [0.2, 0.25) is 0 Å². The molecule has 1 aromatic carbocycles. The maximum atomic E-state index is 13.8. The van der Waals surface area contributed by atoms with Crippen LogP contribution in [0.3, 0.4) is 0 Å². The molecule has 4 heterocycles. The van der Waals surface area contributed by atoms with Crippen molar-refractivity contribution in [1.82, 2.24) is 19.7 Å². The van der Waals surface area contributed by atoms with Crippen molar-refractivity contribution in [3.63, 3.8) is 0 Å². The molecule has 2 aliphatic rings. The number of alkyl halides is 3. The zero-order valence-corrected chi connectivity index (χ0v) is 19.6. The minimum atomic E-state index is -4.63. The number of amides is 1. The first-order valence-electron chi connectivity index (χ1n) is 11.6. The van der Waals surface area contributed by atoms with Gasteiger partial charge < -0.3 is 19.7 Å². The largest absolute Gasteiger partial charge is 0.419 e. The Balaban J connectivity index is 1.42. The molecule has 2 saturated heterocycles. The van der Waals surface area contributed by atoms with Crippen LogP contribution in [-0.2, 0) is 20.4 Å². The van der Waals surface area contributed by atoms with Gasteiger partial charge in [0.2, 0.25) is 5.95 Å². The number of hydrogen-bond donors (Lipinski definition) is 1. The molecule has 1 amide bonds. The maximum absolute atomic E-state index is 13.8. The molecule has 2 aromatic heterocycles. The van der Waals surface area contributed by atoms with Crippen molar-refractivity contribution < 1.29 is 27.4 Å². The Morgan fingerprint density at radius 2 is 1.92 bits per heavy atom. The predicted octanol–water partition coefficient (Wildman–Crippen LogP) is 4.13. The molecule has 0 aliphatic carbocycles. The lowest BCUT2D eigenvalue weighted by atomic mass is 10.1. The lowest BCUT2D eigenvalue weighted by Gasteiger charge is -2.28. The first-order valence-corrected chi connectivity index (χ1v) is 11.6. The SMILES string of the molecule is Cc1cc(Nc2ncc(C(F)(F)F)c(-c3cnn(C4CCOCC4)c3)n2)ccc1N1CCOCC1=O. The van der Waals surface area contributed by atoms with E-state index in [1.807, 2.05) is 6.92 Å². The summed E-state index contributed by atoms with van der Waals surface area (Å²) >= 11 is 0. The molecule has 0 saturated carbocycles. The van der Waals surface area contributed by atoms with Crippen LogP contribution in [0.4, 0.5) is 30.5 Å². The number of nitrogens with zero attached hydrogens (tertiary/aromatic N) is 5. The van der Waals surface area contributed by atoms with E-state index in [2.05, 4.69) is 20.4 Å². The number of benzene rings is 1. The molecule has 12 heteroatoms. The number of aromatic nitrogens is 4. The van der Waals surface area contributed by atoms with E-state index in [4.69, 9.17) is 9.47 Å². The fourth-order valence-electron chi connectivity index (χ4n) is 4.42. The highest BCUT2D eigenvalue weighted by molar-refractivity contribution is 5.95. The van der Waals surface area contributed by atoms with E-state index < -0.39 is 11.7 Å². The molecule has 2 fully saturated rings. The molecule has 5 rings (SSSR count). The molecule has 0 bridgehead atoms. The van der Waals surface area contributed by atoms with Crippen molar-refractivity contribution in [2.45, 2.75) is 32.0 Å². The Hall–Kier alpha value is -3.51. The predicted molar refractivity (Wildman–Crippen MR) is 125 cm³/mol. The zero-order chi connectivity index (χ0) is 25.3. The highest BCUT2D eigenvalue weighted by atomic mass is 19.4. The summed E-state index contributed by atoms with van der Waals surface area (Å²) in [6, 6.07) is 5.38. The van der Waals surface area contributed by atoms with Gasteiger partial charge in [-0.2, -0.15) is 18.3 Å². The summed E-state index contributed by atoms with van der Waals surface area (Å²) in [4.78, 5) is 22.0. The summed E-state index contributed by atoms with van der Waals surface area (Å²) in [5.74, 6) is -0.103. The maximum Gasteiger partial charge on any atom is 0.419 e. The van der Waals surface area contributed by atoms with Crippen LogP contribution in [0.15, 0.2) is 36.8 Å². The normalized spacial score (nSPS) is 17.4. The zero-order valence-electron chi connectivity index (χ0n) is 19.6. The molecule has 0 atom stereocenters. The van der Waals surface area contributed by atoms with Crippen molar-refractivity contribution in [3.05, 3.63) is 47.9 Å². The number of ether oxygens (including phenoxy) is 2. The van der Waals surface area contributed by atoms with Gasteiger partial charge in [0.1, 0.15) is 12.2 Å². The van der Waals surface area contributed by atoms with E-state index in [0.29, 0.717) is 32.1 Å². The van der Waals surface area contributed by atoms with Crippen LogP contribution in [0.1, 0.15) is 30.0 Å². The minimum absolute atomic E-state index is 0.0198. The van der Waals surface area contributed by atoms with Crippen molar-refractivity contribution in [2.24, 2.45) is 0 Å². The van der Waals surface area contributed by atoms with Gasteiger partial charge in [-0.15, -0.1) is 0 Å². The number of hydrogen-bond acceptors (Lipinski definition) is 7. The van der Waals surface area contributed by atoms with E-state index in [9.17, 15) is 18.0 Å². The number of nitrogens with one attached hydrogen (secondary N) is 1. The third-order valence-electron chi connectivity index (χ3n) is 6.26. The van der Waals surface area contributed by atoms with E-state index in [1.165, 1.54) is 6.20 Å². The summed E-state index contributed by atoms with van der Waals surface area (Å²) < 4.78 is 53.5. The number of anilines is 3. The summed E-state index contributed by atoms with van der Waals surface area (Å²) in [6.45, 7) is 3.98. The average molecular weight is 502 g/mol. The van der Waals surface area contributed by atoms with Crippen LogP contribution in [-0.4, -0.2) is 58.6 Å². The molecular formula is C24H25F3N6O3. The fourth-order valence-corrected chi connectivity index (χ4v) is 4.42. The van der Waals surface area contributed by atoms with Gasteiger partial charge in [-0.05, 0) is 43.5 Å². The Morgan fingerprint density at radius 1 is 1.11 bits per heavy atom. The lowest BCUT2D eigenvalue weighted by Crippen LogP contribution is -2.42. The molecular weight excluding hydrogens is 477 g/mol. The molecule has 2 aliphatic heterocycles. The highest BCUT2D eigenvalue weighted by Crippen LogP contribution is 2.37. The number of carbonyl (C=O) groups excluding carboxylic acids is 1. The molecule has 1 N–H and O–H groups in total. The van der Waals surface area contributed by atoms with E-state index in [-0.39, 0.29) is 35.8 Å². The van der Waals surface area contributed by atoms with Gasteiger partial charge in [-0.1, -0.05) is 0 Å². The average Bonchev–Trinajstić information content (AvgIpc) is 3.35. The van der Waals surface area contributed by atoms with E-state index in [1.54, 1.807) is 34.0 Å². The summed E-state index contributed by atoms with van der Waals surface area (Å²) in [5.41, 5.74) is 1.24. The smallest absolute Gasteiger partial charge is 0.381 e. The van der Waals surface area contributed by atoms with Gasteiger partial charge in [0.15, 0.2) is 0 Å². The van der Waals surface area contributed by atoms with Gasteiger partial charge in [-0.3, -0.25) is 9.48 Å². The standard InChI is InChI=1S/C24H25F3N6O3/c1-15-10-17(2-3-20(15)32-6-9-36-14-21(32)34)30-23-28-12-19(24(25,26)27)22(31-23)16-11-29-33(13-16)18-4-7-35-8-5-18/h2-3,10-13,18H,4-9,14H2,1H3,(H,28,30,31). The number of halogens is 3. The third kappa shape index (κ3) is 5.05. The van der Waals surface area contributed by atoms with Crippen LogP contribution in [0.25, 0.3) is 11.3 Å². The number of rotatable bonds is 5. The first-order chi connectivity index (χ1) is 17.3. The molecule has 0 spiro atoms. The monoisotopic (exact) mass is 502 g/mol. The van der Waals surface area contributed by atoms with Crippen molar-refractivity contribution in [3.8, 4) is 11.3 Å². The summed E-state index contributed by atoms with van der Waals surface area (Å²) in [6.07, 6.45) is 0.636. The van der Waals surface area contributed by atoms with Crippen LogP contribution in [0, 0.1) is 6.92 Å². The van der Waals surface area contributed by atoms with Crippen molar-refractivity contribution in [2.75, 3.05) is 43.2 Å². The Kier molecular flexibility index (Phi) is 6.63. The quantitative estimate of drug-likeness (QED) is 0.561. The molecule has 9 nitrogen and oxygen atoms in total. The third-order valence-corrected chi connectivity index (χ3v) is 6.26. The van der Waals surface area contributed by atoms with Crippen LogP contribution < -0.4 is 10.2 Å². The van der Waals surface area contributed by atoms with Crippen LogP contribution >= 0.6 is 0 Å². The number of aryl methyl sites for hydroxylation is 1. The van der Waals surface area contributed by atoms with E-state index >= 15 is 0 Å². The van der Waals surface area contributed by atoms with Crippen molar-refractivity contribution in [1.29, 1.82) is 0 Å². The Labute approximate surface area is 205 Å². The second kappa shape index (κ2) is 9.86.